The van der Waals surface area contributed by atoms with Crippen LogP contribution in [0.25, 0.3) is 0 Å². The normalized spacial score (nSPS) is 10.4. The largest absolute Gasteiger partial charge is 0.272 e. The van der Waals surface area contributed by atoms with Crippen molar-refractivity contribution in [2.45, 2.75) is 12.8 Å². The summed E-state index contributed by atoms with van der Waals surface area (Å²) in [6.07, 6.45) is 1.09. The lowest BCUT2D eigenvalue weighted by atomic mass is 10.1. The van der Waals surface area contributed by atoms with Gasteiger partial charge in [0.25, 0.3) is 5.69 Å². The Morgan fingerprint density at radius 1 is 1.21 bits per heavy atom. The Bertz CT molecular complexity index is 604. The Morgan fingerprint density at radius 3 is 2.63 bits per heavy atom. The number of halogens is 2. The molecule has 0 aliphatic carbocycles. The van der Waals surface area contributed by atoms with Crippen LogP contribution in [0, 0.1) is 10.1 Å². The maximum atomic E-state index is 10.9. The third-order valence-corrected chi connectivity index (χ3v) is 3.27. The zero-order chi connectivity index (χ0) is 13.8. The molecule has 1 heterocycles. The highest BCUT2D eigenvalue weighted by Gasteiger charge is 2.13. The van der Waals surface area contributed by atoms with Gasteiger partial charge in [0, 0.05) is 16.1 Å². The van der Waals surface area contributed by atoms with Crippen molar-refractivity contribution in [3.63, 3.8) is 0 Å². The minimum absolute atomic E-state index is 0.116. The highest BCUT2D eigenvalue weighted by molar-refractivity contribution is 9.10. The van der Waals surface area contributed by atoms with Gasteiger partial charge in [0.1, 0.15) is 0 Å². The second kappa shape index (κ2) is 6.08. The lowest BCUT2D eigenvalue weighted by Gasteiger charge is -2.03. The van der Waals surface area contributed by atoms with E-state index in [1.165, 1.54) is 6.07 Å². The number of hydrogen-bond donors (Lipinski definition) is 0. The second-order valence-electron chi connectivity index (χ2n) is 3.88. The third-order valence-electron chi connectivity index (χ3n) is 2.58. The standard InChI is InChI=1S/C12H9BrClN3O2/c13-9-2-5-11(17(18)19)8(7-9)1-3-10-4-6-12(14)16-15-10/h2,4-7H,1,3H2. The average molecular weight is 343 g/mol. The quantitative estimate of drug-likeness (QED) is 0.629. The van der Waals surface area contributed by atoms with E-state index in [-0.39, 0.29) is 10.6 Å². The smallest absolute Gasteiger partial charge is 0.258 e. The summed E-state index contributed by atoms with van der Waals surface area (Å²) >= 11 is 8.96. The summed E-state index contributed by atoms with van der Waals surface area (Å²) in [4.78, 5) is 10.6. The van der Waals surface area contributed by atoms with Gasteiger partial charge in [0.2, 0.25) is 0 Å². The molecular formula is C12H9BrClN3O2. The van der Waals surface area contributed by atoms with Crippen molar-refractivity contribution in [3.05, 3.63) is 61.3 Å². The topological polar surface area (TPSA) is 68.9 Å². The van der Waals surface area contributed by atoms with E-state index >= 15 is 0 Å². The molecule has 0 saturated heterocycles. The Labute approximate surface area is 122 Å². The summed E-state index contributed by atoms with van der Waals surface area (Å²) in [5, 5.41) is 18.9. The molecule has 0 spiro atoms. The van der Waals surface area contributed by atoms with Crippen LogP contribution in [-0.4, -0.2) is 15.1 Å². The molecule has 0 radical (unpaired) electrons. The Hall–Kier alpha value is -1.53. The van der Waals surface area contributed by atoms with Crippen molar-refractivity contribution in [2.75, 3.05) is 0 Å². The fourth-order valence-corrected chi connectivity index (χ4v) is 2.18. The summed E-state index contributed by atoms with van der Waals surface area (Å²) in [6.45, 7) is 0. The number of hydrogen-bond acceptors (Lipinski definition) is 4. The first-order valence-electron chi connectivity index (χ1n) is 5.47. The molecule has 0 aliphatic rings. The number of aromatic nitrogens is 2. The minimum Gasteiger partial charge on any atom is -0.258 e. The average Bonchev–Trinajstić information content (AvgIpc) is 2.38. The number of benzene rings is 1. The lowest BCUT2D eigenvalue weighted by Crippen LogP contribution is -2.00. The number of nitro benzene ring substituents is 1. The van der Waals surface area contributed by atoms with Gasteiger partial charge < -0.3 is 0 Å². The van der Waals surface area contributed by atoms with Crippen molar-refractivity contribution < 1.29 is 4.92 Å². The molecule has 1 aromatic heterocycles. The summed E-state index contributed by atoms with van der Waals surface area (Å²) in [5.41, 5.74) is 1.53. The number of aryl methyl sites for hydroxylation is 2. The molecule has 0 aliphatic heterocycles. The van der Waals surface area contributed by atoms with Crippen molar-refractivity contribution >= 4 is 33.2 Å². The van der Waals surface area contributed by atoms with E-state index in [4.69, 9.17) is 11.6 Å². The molecule has 1 aromatic carbocycles. The molecule has 2 aromatic rings. The van der Waals surface area contributed by atoms with E-state index in [9.17, 15) is 10.1 Å². The van der Waals surface area contributed by atoms with Gasteiger partial charge in [-0.2, -0.15) is 5.10 Å². The van der Waals surface area contributed by atoms with E-state index < -0.39 is 0 Å². The molecule has 0 N–H and O–H groups in total. The fraction of sp³-hybridized carbons (Fsp3) is 0.167. The van der Waals surface area contributed by atoms with Crippen LogP contribution in [0.2, 0.25) is 5.15 Å². The van der Waals surface area contributed by atoms with Crippen LogP contribution in [0.3, 0.4) is 0 Å². The predicted molar refractivity (Wildman–Crippen MR) is 75.2 cm³/mol. The van der Waals surface area contributed by atoms with Gasteiger partial charge >= 0.3 is 0 Å². The molecule has 0 atom stereocenters. The van der Waals surface area contributed by atoms with Crippen LogP contribution >= 0.6 is 27.5 Å². The first-order valence-corrected chi connectivity index (χ1v) is 6.64. The zero-order valence-electron chi connectivity index (χ0n) is 9.72. The number of rotatable bonds is 4. The lowest BCUT2D eigenvalue weighted by molar-refractivity contribution is -0.385. The Morgan fingerprint density at radius 2 is 2.00 bits per heavy atom. The number of nitro groups is 1. The van der Waals surface area contributed by atoms with Gasteiger partial charge in [-0.15, -0.1) is 5.10 Å². The van der Waals surface area contributed by atoms with Crippen LogP contribution in [0.5, 0.6) is 0 Å². The molecule has 0 fully saturated rings. The van der Waals surface area contributed by atoms with Gasteiger partial charge in [-0.05, 0) is 37.1 Å². The molecule has 7 heteroatoms. The Kier molecular flexibility index (Phi) is 4.44. The molecule has 19 heavy (non-hydrogen) atoms. The van der Waals surface area contributed by atoms with Crippen LogP contribution in [0.1, 0.15) is 11.3 Å². The van der Waals surface area contributed by atoms with Crippen LogP contribution < -0.4 is 0 Å². The van der Waals surface area contributed by atoms with Crippen molar-refractivity contribution in [1.82, 2.24) is 10.2 Å². The van der Waals surface area contributed by atoms with E-state index in [1.807, 2.05) is 0 Å². The summed E-state index contributed by atoms with van der Waals surface area (Å²) in [7, 11) is 0. The first-order chi connectivity index (χ1) is 9.06. The monoisotopic (exact) mass is 341 g/mol. The molecule has 0 amide bonds. The molecule has 0 saturated carbocycles. The highest BCUT2D eigenvalue weighted by Crippen LogP contribution is 2.24. The van der Waals surface area contributed by atoms with E-state index in [2.05, 4.69) is 26.1 Å². The van der Waals surface area contributed by atoms with Gasteiger partial charge in [-0.3, -0.25) is 10.1 Å². The fourth-order valence-electron chi connectivity index (χ4n) is 1.67. The van der Waals surface area contributed by atoms with Gasteiger partial charge in [0.05, 0.1) is 10.6 Å². The molecule has 0 unspecified atom stereocenters. The number of nitrogens with zero attached hydrogens (tertiary/aromatic N) is 3. The van der Waals surface area contributed by atoms with Crippen LogP contribution in [0.15, 0.2) is 34.8 Å². The van der Waals surface area contributed by atoms with Crippen LogP contribution in [0.4, 0.5) is 5.69 Å². The summed E-state index contributed by atoms with van der Waals surface area (Å²) in [6, 6.07) is 8.32. The molecule has 2 rings (SSSR count). The third kappa shape index (κ3) is 3.71. The first kappa shape index (κ1) is 13.9. The molecule has 0 bridgehead atoms. The summed E-state index contributed by atoms with van der Waals surface area (Å²) in [5.74, 6) is 0. The van der Waals surface area contributed by atoms with Crippen molar-refractivity contribution in [3.8, 4) is 0 Å². The van der Waals surface area contributed by atoms with E-state index in [0.717, 1.165) is 10.2 Å². The summed E-state index contributed by atoms with van der Waals surface area (Å²) < 4.78 is 0.815. The van der Waals surface area contributed by atoms with Gasteiger partial charge in [-0.1, -0.05) is 27.5 Å². The maximum absolute atomic E-state index is 10.9. The predicted octanol–water partition coefficient (Wildman–Crippen LogP) is 3.59. The van der Waals surface area contributed by atoms with E-state index in [1.54, 1.807) is 24.3 Å². The minimum atomic E-state index is -0.380. The van der Waals surface area contributed by atoms with Crippen LogP contribution in [-0.2, 0) is 12.8 Å². The van der Waals surface area contributed by atoms with Crippen molar-refractivity contribution in [2.24, 2.45) is 0 Å². The Balaban J connectivity index is 2.16. The second-order valence-corrected chi connectivity index (χ2v) is 5.18. The van der Waals surface area contributed by atoms with Gasteiger partial charge in [-0.25, -0.2) is 0 Å². The molecule has 98 valence electrons. The van der Waals surface area contributed by atoms with Crippen molar-refractivity contribution in [1.29, 1.82) is 0 Å². The maximum Gasteiger partial charge on any atom is 0.272 e. The SMILES string of the molecule is O=[N+]([O-])c1ccc(Br)cc1CCc1ccc(Cl)nn1. The molecule has 5 nitrogen and oxygen atoms in total. The zero-order valence-corrected chi connectivity index (χ0v) is 12.1. The van der Waals surface area contributed by atoms with Gasteiger partial charge in [0.15, 0.2) is 5.15 Å². The highest BCUT2D eigenvalue weighted by atomic mass is 79.9. The molecular weight excluding hydrogens is 334 g/mol. The van der Waals surface area contributed by atoms with E-state index in [0.29, 0.717) is 23.6 Å².